The van der Waals surface area contributed by atoms with E-state index in [9.17, 15) is 4.79 Å². The van der Waals surface area contributed by atoms with Crippen molar-refractivity contribution in [3.05, 3.63) is 64.7 Å². The minimum Gasteiger partial charge on any atom is -0.496 e. The lowest BCUT2D eigenvalue weighted by Gasteiger charge is -2.21. The first-order valence-electron chi connectivity index (χ1n) is 7.98. The molecule has 0 unspecified atom stereocenters. The summed E-state index contributed by atoms with van der Waals surface area (Å²) in [4.78, 5) is 12.3. The monoisotopic (exact) mass is 311 g/mol. The van der Waals surface area contributed by atoms with Crippen LogP contribution in [0.1, 0.15) is 59.8 Å². The van der Waals surface area contributed by atoms with Crippen LogP contribution in [-0.2, 0) is 0 Å². The van der Waals surface area contributed by atoms with E-state index in [1.165, 1.54) is 0 Å². The van der Waals surface area contributed by atoms with Gasteiger partial charge < -0.3 is 10.1 Å². The van der Waals surface area contributed by atoms with Crippen molar-refractivity contribution < 1.29 is 9.53 Å². The van der Waals surface area contributed by atoms with Gasteiger partial charge in [-0.1, -0.05) is 32.0 Å². The van der Waals surface area contributed by atoms with E-state index < -0.39 is 0 Å². The Hall–Kier alpha value is -2.29. The molecule has 1 amide bonds. The molecule has 0 aromatic heterocycles. The molecular weight excluding hydrogens is 286 g/mol. The van der Waals surface area contributed by atoms with E-state index in [4.69, 9.17) is 4.74 Å². The molecule has 0 saturated carbocycles. The molecule has 0 bridgehead atoms. The molecule has 0 saturated heterocycles. The first-order chi connectivity index (χ1) is 10.9. The first-order valence-corrected chi connectivity index (χ1v) is 7.98. The molecule has 3 nitrogen and oxygen atoms in total. The molecule has 0 aliphatic heterocycles. The zero-order valence-electron chi connectivity index (χ0n) is 14.5. The van der Waals surface area contributed by atoms with Gasteiger partial charge in [-0.2, -0.15) is 0 Å². The third-order valence-electron chi connectivity index (χ3n) is 4.09. The summed E-state index contributed by atoms with van der Waals surface area (Å²) in [7, 11) is 1.70. The first kappa shape index (κ1) is 17.1. The summed E-state index contributed by atoms with van der Waals surface area (Å²) in [5.41, 5.74) is 4.08. The van der Waals surface area contributed by atoms with Crippen molar-refractivity contribution in [1.29, 1.82) is 0 Å². The number of amides is 1. The van der Waals surface area contributed by atoms with Crippen LogP contribution in [-0.4, -0.2) is 13.0 Å². The number of hydrogen-bond acceptors (Lipinski definition) is 2. The molecule has 1 atom stereocenters. The Morgan fingerprint density at radius 2 is 1.70 bits per heavy atom. The maximum atomic E-state index is 12.3. The van der Waals surface area contributed by atoms with Gasteiger partial charge in [-0.25, -0.2) is 0 Å². The van der Waals surface area contributed by atoms with Crippen molar-refractivity contribution in [2.24, 2.45) is 0 Å². The van der Waals surface area contributed by atoms with Gasteiger partial charge in [0, 0.05) is 5.56 Å². The van der Waals surface area contributed by atoms with E-state index in [0.717, 1.165) is 22.4 Å². The van der Waals surface area contributed by atoms with Crippen molar-refractivity contribution in [2.75, 3.05) is 7.11 Å². The van der Waals surface area contributed by atoms with E-state index >= 15 is 0 Å². The SMILES string of the molecule is COc1cc(C)c([C@H](C)NC(=O)c2ccccc2)cc1C(C)C. The molecule has 2 rings (SSSR count). The van der Waals surface area contributed by atoms with Crippen molar-refractivity contribution in [2.45, 2.75) is 39.7 Å². The Balaban J connectivity index is 2.27. The van der Waals surface area contributed by atoms with Crippen LogP contribution in [0.2, 0.25) is 0 Å². The van der Waals surface area contributed by atoms with Gasteiger partial charge in [0.25, 0.3) is 5.91 Å². The number of methoxy groups -OCH3 is 1. The van der Waals surface area contributed by atoms with Gasteiger partial charge in [-0.05, 0) is 60.7 Å². The molecule has 3 heteroatoms. The maximum absolute atomic E-state index is 12.3. The van der Waals surface area contributed by atoms with Crippen molar-refractivity contribution in [3.8, 4) is 5.75 Å². The van der Waals surface area contributed by atoms with Gasteiger partial charge >= 0.3 is 0 Å². The normalized spacial score (nSPS) is 12.1. The van der Waals surface area contributed by atoms with Crippen LogP contribution in [0.4, 0.5) is 0 Å². The molecule has 2 aromatic rings. The Kier molecular flexibility index (Phi) is 5.43. The van der Waals surface area contributed by atoms with Crippen molar-refractivity contribution in [3.63, 3.8) is 0 Å². The fourth-order valence-corrected chi connectivity index (χ4v) is 2.76. The summed E-state index contributed by atoms with van der Waals surface area (Å²) in [6.07, 6.45) is 0. The van der Waals surface area contributed by atoms with Crippen LogP contribution < -0.4 is 10.1 Å². The number of nitrogens with one attached hydrogen (secondary N) is 1. The second kappa shape index (κ2) is 7.32. The topological polar surface area (TPSA) is 38.3 Å². The number of carbonyl (C=O) groups excluding carboxylic acids is 1. The second-order valence-electron chi connectivity index (χ2n) is 6.17. The van der Waals surface area contributed by atoms with Crippen LogP contribution in [0.25, 0.3) is 0 Å². The molecule has 0 radical (unpaired) electrons. The van der Waals surface area contributed by atoms with Gasteiger partial charge in [0.2, 0.25) is 0 Å². The molecule has 2 aromatic carbocycles. The van der Waals surface area contributed by atoms with Crippen LogP contribution >= 0.6 is 0 Å². The zero-order chi connectivity index (χ0) is 17.0. The highest BCUT2D eigenvalue weighted by Crippen LogP contribution is 2.32. The average Bonchev–Trinajstić information content (AvgIpc) is 2.54. The average molecular weight is 311 g/mol. The number of benzene rings is 2. The third-order valence-corrected chi connectivity index (χ3v) is 4.09. The van der Waals surface area contributed by atoms with E-state index in [2.05, 4.69) is 31.3 Å². The van der Waals surface area contributed by atoms with Crippen molar-refractivity contribution >= 4 is 5.91 Å². The molecular formula is C20H25NO2. The molecule has 0 heterocycles. The molecule has 0 aliphatic rings. The lowest BCUT2D eigenvalue weighted by Crippen LogP contribution is -2.27. The van der Waals surface area contributed by atoms with E-state index in [-0.39, 0.29) is 11.9 Å². The summed E-state index contributed by atoms with van der Waals surface area (Å²) in [6, 6.07) is 13.4. The number of carbonyl (C=O) groups is 1. The molecule has 1 N–H and O–H groups in total. The van der Waals surface area contributed by atoms with Gasteiger partial charge in [0.1, 0.15) is 5.75 Å². The third kappa shape index (κ3) is 3.92. The smallest absolute Gasteiger partial charge is 0.251 e. The van der Waals surface area contributed by atoms with E-state index in [1.54, 1.807) is 7.11 Å². The number of ether oxygens (including phenoxy) is 1. The molecule has 0 aliphatic carbocycles. The fourth-order valence-electron chi connectivity index (χ4n) is 2.76. The second-order valence-corrected chi connectivity index (χ2v) is 6.17. The van der Waals surface area contributed by atoms with Crippen LogP contribution in [0.3, 0.4) is 0 Å². The van der Waals surface area contributed by atoms with Crippen molar-refractivity contribution in [1.82, 2.24) is 5.32 Å². The predicted octanol–water partition coefficient (Wildman–Crippen LogP) is 4.62. The highest BCUT2D eigenvalue weighted by Gasteiger charge is 2.17. The summed E-state index contributed by atoms with van der Waals surface area (Å²) >= 11 is 0. The van der Waals surface area contributed by atoms with Gasteiger partial charge in [-0.15, -0.1) is 0 Å². The predicted molar refractivity (Wildman–Crippen MR) is 94.1 cm³/mol. The van der Waals surface area contributed by atoms with Gasteiger partial charge in [0.15, 0.2) is 0 Å². The molecule has 0 spiro atoms. The standard InChI is InChI=1S/C20H25NO2/c1-13(2)17-12-18(14(3)11-19(17)23-5)15(4)21-20(22)16-9-7-6-8-10-16/h6-13,15H,1-5H3,(H,21,22)/t15-/m0/s1. The zero-order valence-corrected chi connectivity index (χ0v) is 14.5. The minimum absolute atomic E-state index is 0.0561. The van der Waals surface area contributed by atoms with E-state index in [1.807, 2.05) is 44.2 Å². The highest BCUT2D eigenvalue weighted by atomic mass is 16.5. The summed E-state index contributed by atoms with van der Waals surface area (Å²) < 4.78 is 5.49. The summed E-state index contributed by atoms with van der Waals surface area (Å²) in [5, 5.41) is 3.08. The molecule has 23 heavy (non-hydrogen) atoms. The molecule has 122 valence electrons. The lowest BCUT2D eigenvalue weighted by molar-refractivity contribution is 0.0940. The van der Waals surface area contributed by atoms with Crippen LogP contribution in [0.5, 0.6) is 5.75 Å². The number of rotatable bonds is 5. The van der Waals surface area contributed by atoms with Crippen LogP contribution in [0.15, 0.2) is 42.5 Å². The quantitative estimate of drug-likeness (QED) is 0.875. The minimum atomic E-state index is -0.0638. The van der Waals surface area contributed by atoms with Gasteiger partial charge in [-0.3, -0.25) is 4.79 Å². The van der Waals surface area contributed by atoms with Crippen LogP contribution in [0, 0.1) is 6.92 Å². The Morgan fingerprint density at radius 1 is 1.04 bits per heavy atom. The Labute approximate surface area is 138 Å². The summed E-state index contributed by atoms with van der Waals surface area (Å²) in [5.74, 6) is 1.21. The fraction of sp³-hybridized carbons (Fsp3) is 0.350. The highest BCUT2D eigenvalue weighted by molar-refractivity contribution is 5.94. The van der Waals surface area contributed by atoms with E-state index in [0.29, 0.717) is 11.5 Å². The Bertz CT molecular complexity index is 678. The number of hydrogen-bond donors (Lipinski definition) is 1. The number of aryl methyl sites for hydroxylation is 1. The summed E-state index contributed by atoms with van der Waals surface area (Å²) in [6.45, 7) is 8.35. The van der Waals surface area contributed by atoms with Gasteiger partial charge in [0.05, 0.1) is 13.2 Å². The maximum Gasteiger partial charge on any atom is 0.251 e. The Morgan fingerprint density at radius 3 is 2.26 bits per heavy atom. The largest absolute Gasteiger partial charge is 0.496 e. The molecule has 0 fully saturated rings. The lowest BCUT2D eigenvalue weighted by atomic mass is 9.93.